The van der Waals surface area contributed by atoms with Crippen molar-refractivity contribution in [1.82, 2.24) is 0 Å². The zero-order chi connectivity index (χ0) is 17.9. The van der Waals surface area contributed by atoms with Crippen molar-refractivity contribution < 1.29 is 19.1 Å². The van der Waals surface area contributed by atoms with Crippen molar-refractivity contribution in [3.8, 4) is 0 Å². The lowest BCUT2D eigenvalue weighted by molar-refractivity contribution is -0.140. The average molecular weight is 338 g/mol. The number of ether oxygens (including phenoxy) is 2. The molecular weight excluding hydrogens is 304 g/mol. The van der Waals surface area contributed by atoms with Crippen LogP contribution in [0.3, 0.4) is 0 Å². The minimum Gasteiger partial charge on any atom is -0.463 e. The van der Waals surface area contributed by atoms with Gasteiger partial charge in [-0.05, 0) is 19.3 Å². The Labute approximate surface area is 147 Å². The molecule has 4 heteroatoms. The lowest BCUT2D eigenvalue weighted by Gasteiger charge is -2.03. The molecule has 0 unspecified atom stereocenters. The van der Waals surface area contributed by atoms with E-state index in [1.165, 1.54) is 38.5 Å². The topological polar surface area (TPSA) is 52.6 Å². The third-order valence-corrected chi connectivity index (χ3v) is 3.53. The van der Waals surface area contributed by atoms with Crippen molar-refractivity contribution in [3.05, 3.63) is 24.3 Å². The first-order chi connectivity index (χ1) is 11.7. The first-order valence-corrected chi connectivity index (χ1v) is 9.37. The Morgan fingerprint density at radius 2 is 1.25 bits per heavy atom. The summed E-state index contributed by atoms with van der Waals surface area (Å²) in [4.78, 5) is 22.8. The lowest BCUT2D eigenvalue weighted by Crippen LogP contribution is -2.06. The maximum atomic E-state index is 11.4. The van der Waals surface area contributed by atoms with Crippen LogP contribution in [0.25, 0.3) is 0 Å². The smallest absolute Gasteiger partial charge is 0.331 e. The Morgan fingerprint density at radius 3 is 1.83 bits per heavy atom. The second-order valence-electron chi connectivity index (χ2n) is 5.81. The number of hydrogen-bond acceptors (Lipinski definition) is 4. The zero-order valence-corrected chi connectivity index (χ0v) is 15.4. The minimum atomic E-state index is -0.510. The number of carbonyl (C=O) groups is 2. The second kappa shape index (κ2) is 17.8. The van der Waals surface area contributed by atoms with Crippen molar-refractivity contribution in [2.75, 3.05) is 13.2 Å². The Kier molecular flexibility index (Phi) is 16.6. The summed E-state index contributed by atoms with van der Waals surface area (Å²) in [6, 6.07) is 0. The van der Waals surface area contributed by atoms with Crippen LogP contribution in [0.15, 0.2) is 24.3 Å². The van der Waals surface area contributed by atoms with Crippen molar-refractivity contribution in [3.63, 3.8) is 0 Å². The molecule has 0 aliphatic heterocycles. The summed E-state index contributed by atoms with van der Waals surface area (Å²) in [6.45, 7) is 5.00. The first kappa shape index (κ1) is 22.4. The van der Waals surface area contributed by atoms with Crippen molar-refractivity contribution in [2.24, 2.45) is 0 Å². The molecule has 0 saturated heterocycles. The molecule has 24 heavy (non-hydrogen) atoms. The molecule has 0 aromatic carbocycles. The molecule has 0 aliphatic carbocycles. The number of allylic oxidation sites excluding steroid dienone is 1. The Bertz CT molecular complexity index is 372. The van der Waals surface area contributed by atoms with E-state index < -0.39 is 11.9 Å². The lowest BCUT2D eigenvalue weighted by atomic mass is 10.1. The van der Waals surface area contributed by atoms with Crippen LogP contribution in [0.1, 0.15) is 78.1 Å². The van der Waals surface area contributed by atoms with Crippen LogP contribution in [-0.2, 0) is 19.1 Å². The molecule has 0 aliphatic rings. The molecular formula is C20H34O4. The molecule has 4 nitrogen and oxygen atoms in total. The van der Waals surface area contributed by atoms with E-state index >= 15 is 0 Å². The Morgan fingerprint density at radius 1 is 0.708 bits per heavy atom. The molecule has 0 aromatic rings. The highest BCUT2D eigenvalue weighted by atomic mass is 16.5. The van der Waals surface area contributed by atoms with E-state index in [2.05, 4.69) is 6.92 Å². The summed E-state index contributed by atoms with van der Waals surface area (Å²) >= 11 is 0. The van der Waals surface area contributed by atoms with Gasteiger partial charge >= 0.3 is 11.9 Å². The van der Waals surface area contributed by atoms with Crippen LogP contribution >= 0.6 is 0 Å². The Hall–Kier alpha value is -1.58. The quantitative estimate of drug-likeness (QED) is 0.180. The number of unbranched alkanes of at least 4 members (excludes halogenated alkanes) is 7. The standard InChI is InChI=1S/C20H34O4/c1-3-5-7-9-10-11-12-14-18-24-20(22)16-15-19(21)23-17-13-8-6-4-2/h6,8,15-16H,3-5,7,9-14,17-18H2,1-2H3/b8-6-,16-15+. The van der Waals surface area contributed by atoms with Crippen molar-refractivity contribution in [1.29, 1.82) is 0 Å². The first-order valence-electron chi connectivity index (χ1n) is 9.37. The molecule has 0 amide bonds. The molecule has 0 atom stereocenters. The van der Waals surface area contributed by atoms with E-state index in [1.54, 1.807) is 0 Å². The number of hydrogen-bond donors (Lipinski definition) is 0. The van der Waals surface area contributed by atoms with Crippen LogP contribution in [0.2, 0.25) is 0 Å². The maximum Gasteiger partial charge on any atom is 0.331 e. The molecule has 0 rings (SSSR count). The van der Waals surface area contributed by atoms with E-state index in [0.717, 1.165) is 31.4 Å². The number of carbonyl (C=O) groups excluding carboxylic acids is 2. The van der Waals surface area contributed by atoms with E-state index in [4.69, 9.17) is 9.47 Å². The highest BCUT2D eigenvalue weighted by Crippen LogP contribution is 2.08. The minimum absolute atomic E-state index is 0.326. The van der Waals surface area contributed by atoms with Gasteiger partial charge in [-0.2, -0.15) is 0 Å². The van der Waals surface area contributed by atoms with Gasteiger partial charge < -0.3 is 9.47 Å². The highest BCUT2D eigenvalue weighted by Gasteiger charge is 2.00. The van der Waals surface area contributed by atoms with Crippen LogP contribution < -0.4 is 0 Å². The molecule has 0 radical (unpaired) electrons. The van der Waals surface area contributed by atoms with E-state index in [9.17, 15) is 9.59 Å². The maximum absolute atomic E-state index is 11.4. The normalized spacial score (nSPS) is 11.2. The Balaban J connectivity index is 3.50. The van der Waals surface area contributed by atoms with Gasteiger partial charge in [0.05, 0.1) is 13.2 Å². The predicted octanol–water partition coefficient (Wildman–Crippen LogP) is 5.13. The van der Waals surface area contributed by atoms with E-state index in [0.29, 0.717) is 19.6 Å². The van der Waals surface area contributed by atoms with Crippen LogP contribution in [0.5, 0.6) is 0 Å². The fourth-order valence-electron chi connectivity index (χ4n) is 2.15. The largest absolute Gasteiger partial charge is 0.463 e. The van der Waals surface area contributed by atoms with Crippen LogP contribution in [-0.4, -0.2) is 25.2 Å². The molecule has 0 heterocycles. The van der Waals surface area contributed by atoms with Gasteiger partial charge in [-0.25, -0.2) is 9.59 Å². The summed E-state index contributed by atoms with van der Waals surface area (Å²) in [7, 11) is 0. The molecule has 0 saturated carbocycles. The third kappa shape index (κ3) is 16.8. The summed E-state index contributed by atoms with van der Waals surface area (Å²) in [5, 5.41) is 0. The summed E-state index contributed by atoms with van der Waals surface area (Å²) in [5.74, 6) is -0.996. The number of esters is 2. The molecule has 0 aromatic heterocycles. The second-order valence-corrected chi connectivity index (χ2v) is 5.81. The van der Waals surface area contributed by atoms with Crippen molar-refractivity contribution >= 4 is 11.9 Å². The van der Waals surface area contributed by atoms with Crippen LogP contribution in [0.4, 0.5) is 0 Å². The summed E-state index contributed by atoms with van der Waals surface area (Å²) in [6.07, 6.45) is 17.5. The van der Waals surface area contributed by atoms with Gasteiger partial charge in [-0.3, -0.25) is 0 Å². The van der Waals surface area contributed by atoms with E-state index in [-0.39, 0.29) is 0 Å². The molecule has 138 valence electrons. The van der Waals surface area contributed by atoms with Gasteiger partial charge in [0.15, 0.2) is 0 Å². The van der Waals surface area contributed by atoms with Gasteiger partial charge in [-0.15, -0.1) is 0 Å². The van der Waals surface area contributed by atoms with Crippen molar-refractivity contribution in [2.45, 2.75) is 78.1 Å². The van der Waals surface area contributed by atoms with Crippen LogP contribution in [0, 0.1) is 0 Å². The highest BCUT2D eigenvalue weighted by molar-refractivity contribution is 5.91. The predicted molar refractivity (Wildman–Crippen MR) is 97.7 cm³/mol. The average Bonchev–Trinajstić information content (AvgIpc) is 2.58. The van der Waals surface area contributed by atoms with Gasteiger partial charge in [-0.1, -0.05) is 70.9 Å². The molecule has 0 fully saturated rings. The van der Waals surface area contributed by atoms with Gasteiger partial charge in [0.2, 0.25) is 0 Å². The monoisotopic (exact) mass is 338 g/mol. The summed E-state index contributed by atoms with van der Waals surface area (Å²) in [5.41, 5.74) is 0. The van der Waals surface area contributed by atoms with E-state index in [1.807, 2.05) is 19.1 Å². The summed E-state index contributed by atoms with van der Waals surface area (Å²) < 4.78 is 10.0. The van der Waals surface area contributed by atoms with Gasteiger partial charge in [0.1, 0.15) is 0 Å². The molecule has 0 bridgehead atoms. The third-order valence-electron chi connectivity index (χ3n) is 3.53. The van der Waals surface area contributed by atoms with Gasteiger partial charge in [0.25, 0.3) is 0 Å². The number of rotatable bonds is 15. The fourth-order valence-corrected chi connectivity index (χ4v) is 2.15. The van der Waals surface area contributed by atoms with Gasteiger partial charge in [0, 0.05) is 12.2 Å². The molecule has 0 spiro atoms. The SMILES string of the molecule is CC/C=C\CCOC(=O)/C=C/C(=O)OCCCCCCCCCC. The zero-order valence-electron chi connectivity index (χ0n) is 15.4. The fraction of sp³-hybridized carbons (Fsp3) is 0.700. The molecule has 0 N–H and O–H groups in total.